The van der Waals surface area contributed by atoms with Crippen LogP contribution in [0.1, 0.15) is 30.1 Å². The maximum atomic E-state index is 12.8. The lowest BCUT2D eigenvalue weighted by Gasteiger charge is -2.38. The molecule has 1 amide bonds. The molecule has 0 saturated carbocycles. The van der Waals surface area contributed by atoms with E-state index in [1.54, 1.807) is 0 Å². The van der Waals surface area contributed by atoms with Gasteiger partial charge < -0.3 is 15.0 Å². The van der Waals surface area contributed by atoms with Crippen LogP contribution in [-0.4, -0.2) is 67.6 Å². The summed E-state index contributed by atoms with van der Waals surface area (Å²) in [5.74, 6) is 0.808. The van der Waals surface area contributed by atoms with Gasteiger partial charge in [-0.15, -0.1) is 0 Å². The van der Waals surface area contributed by atoms with E-state index in [-0.39, 0.29) is 5.91 Å². The Bertz CT molecular complexity index is 521. The molecule has 1 aromatic carbocycles. The number of carbonyl (C=O) groups excluding carboxylic acids is 1. The lowest BCUT2D eigenvalue weighted by atomic mass is 10.1. The van der Waals surface area contributed by atoms with E-state index in [1.165, 1.54) is 6.42 Å². The van der Waals surface area contributed by atoms with E-state index in [1.807, 2.05) is 29.2 Å². The second-order valence-corrected chi connectivity index (χ2v) is 6.32. The molecule has 2 heterocycles. The lowest BCUT2D eigenvalue weighted by Crippen LogP contribution is -2.52. The van der Waals surface area contributed by atoms with Gasteiger partial charge in [0, 0.05) is 38.8 Å². The highest BCUT2D eigenvalue weighted by molar-refractivity contribution is 5.97. The third kappa shape index (κ3) is 3.85. The normalized spacial score (nSPS) is 22.3. The Labute approximate surface area is 138 Å². The Hall–Kier alpha value is -1.59. The van der Waals surface area contributed by atoms with E-state index >= 15 is 0 Å². The second-order valence-electron chi connectivity index (χ2n) is 6.32. The summed E-state index contributed by atoms with van der Waals surface area (Å²) in [7, 11) is 0. The molecule has 1 N–H and O–H groups in total. The van der Waals surface area contributed by atoms with Gasteiger partial charge in [0.1, 0.15) is 5.75 Å². The lowest BCUT2D eigenvalue weighted by molar-refractivity contribution is 0.0580. The molecule has 1 atom stereocenters. The van der Waals surface area contributed by atoms with Gasteiger partial charge in [-0.3, -0.25) is 9.69 Å². The number of para-hydroxylation sites is 1. The van der Waals surface area contributed by atoms with Gasteiger partial charge in [0.2, 0.25) is 0 Å². The Morgan fingerprint density at radius 3 is 2.74 bits per heavy atom. The van der Waals surface area contributed by atoms with Crippen LogP contribution in [0.2, 0.25) is 0 Å². The van der Waals surface area contributed by atoms with Crippen LogP contribution >= 0.6 is 0 Å². The van der Waals surface area contributed by atoms with Crippen molar-refractivity contribution in [1.82, 2.24) is 15.1 Å². The van der Waals surface area contributed by atoms with Gasteiger partial charge in [-0.1, -0.05) is 19.1 Å². The van der Waals surface area contributed by atoms with Gasteiger partial charge in [-0.2, -0.15) is 0 Å². The quantitative estimate of drug-likeness (QED) is 0.896. The summed E-state index contributed by atoms with van der Waals surface area (Å²) in [4.78, 5) is 17.3. The minimum Gasteiger partial charge on any atom is -0.493 e. The number of nitrogens with one attached hydrogen (secondary N) is 1. The number of hydrogen-bond donors (Lipinski definition) is 1. The molecule has 0 aromatic heterocycles. The molecular weight excluding hydrogens is 290 g/mol. The summed E-state index contributed by atoms with van der Waals surface area (Å²) in [6, 6.07) is 8.25. The van der Waals surface area contributed by atoms with E-state index in [4.69, 9.17) is 4.74 Å². The Morgan fingerprint density at radius 1 is 1.26 bits per heavy atom. The van der Waals surface area contributed by atoms with Gasteiger partial charge >= 0.3 is 0 Å². The van der Waals surface area contributed by atoms with Gasteiger partial charge in [0.05, 0.1) is 12.2 Å². The molecule has 2 aliphatic rings. The topological polar surface area (TPSA) is 44.8 Å². The first-order chi connectivity index (χ1) is 11.3. The number of rotatable bonds is 5. The predicted molar refractivity (Wildman–Crippen MR) is 91.0 cm³/mol. The van der Waals surface area contributed by atoms with Crippen molar-refractivity contribution in [3.63, 3.8) is 0 Å². The van der Waals surface area contributed by atoms with Crippen LogP contribution in [0.5, 0.6) is 5.75 Å². The largest absolute Gasteiger partial charge is 0.493 e. The number of nitrogens with zero attached hydrogens (tertiary/aromatic N) is 2. The Morgan fingerprint density at radius 2 is 2.04 bits per heavy atom. The van der Waals surface area contributed by atoms with Crippen molar-refractivity contribution < 1.29 is 9.53 Å². The van der Waals surface area contributed by atoms with Crippen molar-refractivity contribution in [1.29, 1.82) is 0 Å². The minimum absolute atomic E-state index is 0.0981. The maximum absolute atomic E-state index is 12.8. The van der Waals surface area contributed by atoms with Crippen LogP contribution in [0.4, 0.5) is 0 Å². The second kappa shape index (κ2) is 7.79. The molecule has 0 spiro atoms. The zero-order valence-electron chi connectivity index (χ0n) is 14.0. The molecule has 1 unspecified atom stereocenters. The fourth-order valence-electron chi connectivity index (χ4n) is 3.39. The molecule has 2 fully saturated rings. The molecule has 0 bridgehead atoms. The van der Waals surface area contributed by atoms with Crippen LogP contribution in [0.25, 0.3) is 0 Å². The number of benzene rings is 1. The van der Waals surface area contributed by atoms with Crippen molar-refractivity contribution in [3.8, 4) is 5.75 Å². The van der Waals surface area contributed by atoms with Crippen LogP contribution in [0.3, 0.4) is 0 Å². The number of hydrogen-bond acceptors (Lipinski definition) is 4. The molecule has 23 heavy (non-hydrogen) atoms. The summed E-state index contributed by atoms with van der Waals surface area (Å²) < 4.78 is 5.73. The molecule has 2 aliphatic heterocycles. The van der Waals surface area contributed by atoms with Gasteiger partial charge in [0.25, 0.3) is 5.91 Å². The highest BCUT2D eigenvalue weighted by Gasteiger charge is 2.28. The average Bonchev–Trinajstić information content (AvgIpc) is 3.14. The molecule has 126 valence electrons. The molecule has 0 radical (unpaired) electrons. The predicted octanol–water partition coefficient (Wildman–Crippen LogP) is 1.60. The van der Waals surface area contributed by atoms with E-state index < -0.39 is 0 Å². The molecule has 5 heteroatoms. The summed E-state index contributed by atoms with van der Waals surface area (Å²) in [6.45, 7) is 8.46. The first-order valence-electron chi connectivity index (χ1n) is 8.75. The standard InChI is InChI=1S/C18H27N3O2/c1-2-13-23-17-6-4-3-5-16(17)18(22)21-11-9-20(10-12-21)15-7-8-19-14-15/h3-6,15,19H,2,7-14H2,1H3. The Kier molecular flexibility index (Phi) is 5.51. The molecule has 5 nitrogen and oxygen atoms in total. The third-order valence-electron chi connectivity index (χ3n) is 4.73. The number of ether oxygens (including phenoxy) is 1. The number of carbonyl (C=O) groups is 1. The first kappa shape index (κ1) is 16.3. The fraction of sp³-hybridized carbons (Fsp3) is 0.611. The molecule has 2 saturated heterocycles. The smallest absolute Gasteiger partial charge is 0.257 e. The zero-order chi connectivity index (χ0) is 16.1. The van der Waals surface area contributed by atoms with Crippen molar-refractivity contribution >= 4 is 5.91 Å². The number of amides is 1. The average molecular weight is 317 g/mol. The minimum atomic E-state index is 0.0981. The summed E-state index contributed by atoms with van der Waals surface area (Å²) in [6.07, 6.45) is 2.16. The van der Waals surface area contributed by atoms with E-state index in [0.717, 1.165) is 45.7 Å². The molecule has 3 rings (SSSR count). The fourth-order valence-corrected chi connectivity index (χ4v) is 3.39. The van der Waals surface area contributed by atoms with Crippen LogP contribution in [0.15, 0.2) is 24.3 Å². The van der Waals surface area contributed by atoms with E-state index in [2.05, 4.69) is 17.1 Å². The molecule has 1 aromatic rings. The zero-order valence-corrected chi connectivity index (χ0v) is 14.0. The summed E-state index contributed by atoms with van der Waals surface area (Å²) in [5.41, 5.74) is 0.692. The number of piperazine rings is 1. The van der Waals surface area contributed by atoms with E-state index in [0.29, 0.717) is 24.0 Å². The highest BCUT2D eigenvalue weighted by atomic mass is 16.5. The maximum Gasteiger partial charge on any atom is 0.257 e. The van der Waals surface area contributed by atoms with Crippen LogP contribution < -0.4 is 10.1 Å². The summed E-state index contributed by atoms with van der Waals surface area (Å²) >= 11 is 0. The van der Waals surface area contributed by atoms with Gasteiger partial charge in [0.15, 0.2) is 0 Å². The highest BCUT2D eigenvalue weighted by Crippen LogP contribution is 2.21. The third-order valence-corrected chi connectivity index (χ3v) is 4.73. The molecular formula is C18H27N3O2. The van der Waals surface area contributed by atoms with E-state index in [9.17, 15) is 4.79 Å². The van der Waals surface area contributed by atoms with Crippen molar-refractivity contribution in [3.05, 3.63) is 29.8 Å². The van der Waals surface area contributed by atoms with Crippen molar-refractivity contribution in [2.24, 2.45) is 0 Å². The van der Waals surface area contributed by atoms with Crippen molar-refractivity contribution in [2.45, 2.75) is 25.8 Å². The van der Waals surface area contributed by atoms with Crippen molar-refractivity contribution in [2.75, 3.05) is 45.9 Å². The van der Waals surface area contributed by atoms with Crippen LogP contribution in [-0.2, 0) is 0 Å². The van der Waals surface area contributed by atoms with Gasteiger partial charge in [-0.05, 0) is 31.5 Å². The SMILES string of the molecule is CCCOc1ccccc1C(=O)N1CCN(C2CCNC2)CC1. The van der Waals surface area contributed by atoms with Gasteiger partial charge in [-0.25, -0.2) is 0 Å². The molecule has 0 aliphatic carbocycles. The van der Waals surface area contributed by atoms with Crippen LogP contribution in [0, 0.1) is 0 Å². The Balaban J connectivity index is 1.61. The first-order valence-corrected chi connectivity index (χ1v) is 8.75. The monoisotopic (exact) mass is 317 g/mol. The summed E-state index contributed by atoms with van der Waals surface area (Å²) in [5, 5.41) is 3.42.